The molecule has 5 rings (SSSR count). The van der Waals surface area contributed by atoms with Crippen molar-refractivity contribution in [3.63, 3.8) is 0 Å². The van der Waals surface area contributed by atoms with Crippen molar-refractivity contribution in [3.05, 3.63) is 87.9 Å². The lowest BCUT2D eigenvalue weighted by Gasteiger charge is -2.43. The van der Waals surface area contributed by atoms with Crippen molar-refractivity contribution in [1.82, 2.24) is 4.98 Å². The second-order valence-corrected chi connectivity index (χ2v) is 10.4. The molecule has 4 heteroatoms. The monoisotopic (exact) mass is 466 g/mol. The first-order valence-corrected chi connectivity index (χ1v) is 12.1. The number of hydrogen-bond donors (Lipinski definition) is 3. The Balaban J connectivity index is 1.84. The molecule has 4 aromatic rings. The second-order valence-electron chi connectivity index (χ2n) is 10.4. The van der Waals surface area contributed by atoms with Gasteiger partial charge in [0.2, 0.25) is 0 Å². The van der Waals surface area contributed by atoms with Crippen LogP contribution in [0.15, 0.2) is 48.7 Å². The first-order chi connectivity index (χ1) is 16.6. The molecule has 0 radical (unpaired) electrons. The Morgan fingerprint density at radius 2 is 1.74 bits per heavy atom. The molecule has 2 atom stereocenters. The molecule has 0 unspecified atom stereocenters. The van der Waals surface area contributed by atoms with E-state index in [1.807, 2.05) is 33.9 Å². The summed E-state index contributed by atoms with van der Waals surface area (Å²) in [6.07, 6.45) is 1.41. The van der Waals surface area contributed by atoms with Crippen molar-refractivity contribution in [1.29, 1.82) is 0 Å². The fraction of sp³-hybridized carbons (Fsp3) is 0.290. The van der Waals surface area contributed by atoms with Crippen LogP contribution in [0.2, 0.25) is 0 Å². The highest BCUT2D eigenvalue weighted by atomic mass is 19.1. The van der Waals surface area contributed by atoms with Gasteiger partial charge >= 0.3 is 0 Å². The van der Waals surface area contributed by atoms with Crippen molar-refractivity contribution >= 4 is 16.6 Å². The molecule has 0 aliphatic carbocycles. The summed E-state index contributed by atoms with van der Waals surface area (Å²) in [5, 5.41) is 15.9. The molecule has 2 heterocycles. The first kappa shape index (κ1) is 23.2. The lowest BCUT2D eigenvalue weighted by Crippen LogP contribution is -2.50. The van der Waals surface area contributed by atoms with Crippen molar-refractivity contribution in [3.8, 4) is 23.0 Å². The molecule has 3 N–H and O–H groups in total. The van der Waals surface area contributed by atoms with Gasteiger partial charge in [0.25, 0.3) is 0 Å². The number of para-hydroxylation sites is 1. The maximum atomic E-state index is 14.6. The predicted octanol–water partition coefficient (Wildman–Crippen LogP) is 6.97. The minimum Gasteiger partial charge on any atom is -0.390 e. The lowest BCUT2D eigenvalue weighted by molar-refractivity contribution is 0.0868. The molecule has 0 amide bonds. The molecule has 0 saturated carbocycles. The number of benzene rings is 3. The molecule has 1 aromatic heterocycles. The number of aromatic amines is 1. The summed E-state index contributed by atoms with van der Waals surface area (Å²) in [6.45, 7) is 12.2. The third kappa shape index (κ3) is 3.81. The molecule has 0 fully saturated rings. The van der Waals surface area contributed by atoms with Gasteiger partial charge in [-0.2, -0.15) is 0 Å². The topological polar surface area (TPSA) is 48.0 Å². The van der Waals surface area contributed by atoms with Crippen molar-refractivity contribution in [2.75, 3.05) is 5.32 Å². The van der Waals surface area contributed by atoms with Gasteiger partial charge in [-0.25, -0.2) is 4.39 Å². The summed E-state index contributed by atoms with van der Waals surface area (Å²) in [5.74, 6) is 5.97. The highest BCUT2D eigenvalue weighted by Crippen LogP contribution is 2.46. The van der Waals surface area contributed by atoms with Crippen LogP contribution < -0.4 is 5.32 Å². The number of aliphatic hydroxyl groups is 1. The van der Waals surface area contributed by atoms with E-state index in [0.29, 0.717) is 5.56 Å². The van der Waals surface area contributed by atoms with Gasteiger partial charge in [0.1, 0.15) is 5.82 Å². The first-order valence-electron chi connectivity index (χ1n) is 12.1. The van der Waals surface area contributed by atoms with E-state index in [4.69, 9.17) is 0 Å². The number of hydrogen-bond acceptors (Lipinski definition) is 2. The Hall–Kier alpha value is -3.55. The number of rotatable bonds is 1. The summed E-state index contributed by atoms with van der Waals surface area (Å²) in [5.41, 5.74) is 8.99. The van der Waals surface area contributed by atoms with Gasteiger partial charge in [0.05, 0.1) is 22.7 Å². The molecule has 0 saturated heterocycles. The van der Waals surface area contributed by atoms with E-state index in [9.17, 15) is 9.50 Å². The van der Waals surface area contributed by atoms with E-state index in [-0.39, 0.29) is 11.7 Å². The number of aliphatic hydroxyl groups excluding tert-OH is 1. The lowest BCUT2D eigenvalue weighted by atomic mass is 9.75. The number of halogens is 1. The summed E-state index contributed by atoms with van der Waals surface area (Å²) < 4.78 is 14.6. The van der Waals surface area contributed by atoms with Crippen LogP contribution in [0, 0.1) is 38.4 Å². The number of aromatic nitrogens is 1. The Labute approximate surface area is 206 Å². The zero-order valence-electron chi connectivity index (χ0n) is 21.1. The third-order valence-electron chi connectivity index (χ3n) is 7.34. The van der Waals surface area contributed by atoms with E-state index in [1.54, 1.807) is 12.1 Å². The van der Waals surface area contributed by atoms with Crippen LogP contribution in [-0.4, -0.2) is 21.7 Å². The van der Waals surface area contributed by atoms with Gasteiger partial charge in [-0.05, 0) is 75.1 Å². The third-order valence-corrected chi connectivity index (χ3v) is 7.34. The minimum absolute atomic E-state index is 0.156. The Morgan fingerprint density at radius 1 is 0.971 bits per heavy atom. The highest BCUT2D eigenvalue weighted by Gasteiger charge is 2.40. The van der Waals surface area contributed by atoms with Crippen molar-refractivity contribution in [2.45, 2.75) is 59.1 Å². The molecule has 35 heavy (non-hydrogen) atoms. The molecule has 178 valence electrons. The summed E-state index contributed by atoms with van der Waals surface area (Å²) in [4.78, 5) is 3.43. The van der Waals surface area contributed by atoms with Gasteiger partial charge in [0.15, 0.2) is 0 Å². The van der Waals surface area contributed by atoms with Crippen LogP contribution >= 0.6 is 0 Å². The molecule has 1 aliphatic rings. The molecule has 3 nitrogen and oxygen atoms in total. The minimum atomic E-state index is -0.607. The number of anilines is 1. The van der Waals surface area contributed by atoms with Gasteiger partial charge < -0.3 is 15.4 Å². The maximum absolute atomic E-state index is 14.6. The van der Waals surface area contributed by atoms with Crippen LogP contribution in [0.1, 0.15) is 60.1 Å². The number of fused-ring (bicyclic) bond motifs is 2. The average Bonchev–Trinajstić information content (AvgIpc) is 3.20. The largest absolute Gasteiger partial charge is 0.390 e. The average molecular weight is 467 g/mol. The molecular weight excluding hydrogens is 435 g/mol. The van der Waals surface area contributed by atoms with Crippen molar-refractivity contribution in [2.24, 2.45) is 0 Å². The summed E-state index contributed by atoms with van der Waals surface area (Å²) in [6, 6.07) is 13.4. The van der Waals surface area contributed by atoms with Gasteiger partial charge in [-0.1, -0.05) is 43.0 Å². The van der Waals surface area contributed by atoms with Crippen molar-refractivity contribution < 1.29 is 9.50 Å². The Kier molecular flexibility index (Phi) is 5.49. The number of nitrogens with one attached hydrogen (secondary N) is 2. The van der Waals surface area contributed by atoms with Gasteiger partial charge in [-0.3, -0.25) is 0 Å². The fourth-order valence-electron chi connectivity index (χ4n) is 5.37. The summed E-state index contributed by atoms with van der Waals surface area (Å²) >= 11 is 0. The zero-order chi connectivity index (χ0) is 25.1. The van der Waals surface area contributed by atoms with E-state index < -0.39 is 11.6 Å². The van der Waals surface area contributed by atoms with Crippen LogP contribution in [0.25, 0.3) is 22.0 Å². The molecule has 0 bridgehead atoms. The van der Waals surface area contributed by atoms with E-state index >= 15 is 0 Å². The van der Waals surface area contributed by atoms with Crippen LogP contribution in [0.3, 0.4) is 0 Å². The number of H-pyrrole nitrogens is 1. The SMILES string of the molecule is Cc1ccc(F)c(C#Cc2c(-c3cccc4c(C)c[nH]c34)cc(C)c3c2[C@@H](C)[C@H](O)C(C)(C)N3)c1. The Morgan fingerprint density at radius 3 is 2.51 bits per heavy atom. The normalized spacial score (nSPS) is 18.5. The Bertz CT molecular complexity index is 1530. The summed E-state index contributed by atoms with van der Waals surface area (Å²) in [7, 11) is 0. The predicted molar refractivity (Wildman–Crippen MR) is 142 cm³/mol. The smallest absolute Gasteiger partial charge is 0.138 e. The van der Waals surface area contributed by atoms with Crippen LogP contribution in [0.4, 0.5) is 10.1 Å². The maximum Gasteiger partial charge on any atom is 0.138 e. The number of aryl methyl sites for hydroxylation is 3. The van der Waals surface area contributed by atoms with E-state index in [1.165, 1.54) is 11.6 Å². The molecule has 3 aromatic carbocycles. The zero-order valence-corrected chi connectivity index (χ0v) is 21.1. The highest BCUT2D eigenvalue weighted by molar-refractivity contribution is 5.98. The van der Waals surface area contributed by atoms with Crippen LogP contribution in [-0.2, 0) is 0 Å². The second kappa shape index (κ2) is 8.29. The van der Waals surface area contributed by atoms with E-state index in [0.717, 1.165) is 50.0 Å². The fourth-order valence-corrected chi connectivity index (χ4v) is 5.37. The van der Waals surface area contributed by atoms with Gasteiger partial charge in [0, 0.05) is 39.9 Å². The molecular formula is C31H31FN2O. The standard InChI is InChI=1S/C31H31FN2O/c1-17-10-13-26(32)21(14-17)11-12-23-25(24-9-7-8-22-19(3)16-33-29(22)24)15-18(2)28-27(23)20(4)30(35)31(5,6)34-28/h7-10,13-16,20,30,33-35H,1-6H3/t20-,30+/m1/s1. The van der Waals surface area contributed by atoms with E-state index in [2.05, 4.69) is 60.3 Å². The van der Waals surface area contributed by atoms with Gasteiger partial charge in [-0.15, -0.1) is 0 Å². The molecule has 0 spiro atoms. The van der Waals surface area contributed by atoms with Crippen LogP contribution in [0.5, 0.6) is 0 Å². The molecule has 1 aliphatic heterocycles. The quantitative estimate of drug-likeness (QED) is 0.265.